The summed E-state index contributed by atoms with van der Waals surface area (Å²) in [6.45, 7) is 3.96. The van der Waals surface area contributed by atoms with Crippen LogP contribution < -0.4 is 10.9 Å². The summed E-state index contributed by atoms with van der Waals surface area (Å²) in [5, 5.41) is 6.64. The van der Waals surface area contributed by atoms with E-state index in [1.807, 2.05) is 6.92 Å². The first-order chi connectivity index (χ1) is 12.2. The van der Waals surface area contributed by atoms with Gasteiger partial charge in [-0.15, -0.1) is 0 Å². The van der Waals surface area contributed by atoms with Gasteiger partial charge in [-0.05, 0) is 37.1 Å². The fraction of sp³-hybridized carbons (Fsp3) is 0.389. The first-order valence-corrected chi connectivity index (χ1v) is 8.28. The smallest absolute Gasteiger partial charge is 0.344 e. The number of hydrogen-bond acceptors (Lipinski definition) is 3. The Balaban J connectivity index is 2.16. The lowest BCUT2D eigenvalue weighted by Gasteiger charge is -2.16. The van der Waals surface area contributed by atoms with Crippen molar-refractivity contribution in [3.8, 4) is 0 Å². The Bertz CT molecular complexity index is 831. The summed E-state index contributed by atoms with van der Waals surface area (Å²) in [7, 11) is 0. The van der Waals surface area contributed by atoms with E-state index in [2.05, 4.69) is 10.4 Å². The maximum absolute atomic E-state index is 12.8. The number of hydrogen-bond donors (Lipinski definition) is 1. The van der Waals surface area contributed by atoms with Crippen LogP contribution in [-0.2, 0) is 12.7 Å². The third kappa shape index (κ3) is 4.93. The van der Waals surface area contributed by atoms with Gasteiger partial charge in [0.1, 0.15) is 5.69 Å². The van der Waals surface area contributed by atoms with Crippen molar-refractivity contribution in [3.05, 3.63) is 63.6 Å². The Morgan fingerprint density at radius 2 is 2.00 bits per heavy atom. The number of nitrogens with zero attached hydrogens (tertiary/aromatic N) is 2. The molecule has 0 aliphatic heterocycles. The number of amides is 1. The quantitative estimate of drug-likeness (QED) is 0.849. The van der Waals surface area contributed by atoms with Crippen molar-refractivity contribution < 1.29 is 18.0 Å². The molecule has 0 aliphatic rings. The average Bonchev–Trinajstić information content (AvgIpc) is 2.60. The van der Waals surface area contributed by atoms with Gasteiger partial charge >= 0.3 is 6.18 Å². The lowest BCUT2D eigenvalue weighted by atomic mass is 10.0. The average molecular weight is 367 g/mol. The molecule has 5 nitrogen and oxygen atoms in total. The van der Waals surface area contributed by atoms with Crippen LogP contribution in [0.1, 0.15) is 54.3 Å². The zero-order chi connectivity index (χ0) is 19.3. The Labute approximate surface area is 148 Å². The number of carbonyl (C=O) groups excluding carboxylic acids is 1. The second kappa shape index (κ2) is 8.16. The van der Waals surface area contributed by atoms with Crippen molar-refractivity contribution in [2.45, 2.75) is 45.5 Å². The van der Waals surface area contributed by atoms with E-state index >= 15 is 0 Å². The van der Waals surface area contributed by atoms with Gasteiger partial charge in [0.2, 0.25) is 0 Å². The predicted octanol–water partition coefficient (Wildman–Crippen LogP) is 3.55. The summed E-state index contributed by atoms with van der Waals surface area (Å²) in [5.41, 5.74) is -0.713. The van der Waals surface area contributed by atoms with Crippen molar-refractivity contribution >= 4 is 5.91 Å². The summed E-state index contributed by atoms with van der Waals surface area (Å²) in [5.74, 6) is -0.555. The van der Waals surface area contributed by atoms with Gasteiger partial charge in [-0.1, -0.05) is 25.5 Å². The number of nitrogens with one attached hydrogen (secondary N) is 1. The molecule has 0 fully saturated rings. The molecular formula is C18H20F3N3O2. The third-order valence-corrected chi connectivity index (χ3v) is 3.88. The van der Waals surface area contributed by atoms with Crippen molar-refractivity contribution in [2.24, 2.45) is 0 Å². The molecular weight excluding hydrogens is 347 g/mol. The number of alkyl halides is 3. The number of aryl methyl sites for hydroxylation is 1. The van der Waals surface area contributed by atoms with Crippen molar-refractivity contribution in [1.82, 2.24) is 15.1 Å². The third-order valence-electron chi connectivity index (χ3n) is 3.88. The van der Waals surface area contributed by atoms with Gasteiger partial charge in [0, 0.05) is 12.6 Å². The number of aromatic nitrogens is 2. The molecule has 140 valence electrons. The molecule has 0 aliphatic carbocycles. The van der Waals surface area contributed by atoms with E-state index < -0.39 is 23.7 Å². The topological polar surface area (TPSA) is 64.0 Å². The molecule has 0 saturated carbocycles. The molecule has 1 atom stereocenters. The van der Waals surface area contributed by atoms with E-state index in [0.29, 0.717) is 12.1 Å². The Kier molecular flexibility index (Phi) is 6.18. The maximum atomic E-state index is 12.8. The van der Waals surface area contributed by atoms with E-state index in [1.54, 1.807) is 6.92 Å². The molecule has 0 spiro atoms. The minimum absolute atomic E-state index is 0.0412. The lowest BCUT2D eigenvalue weighted by Crippen LogP contribution is -2.31. The minimum atomic E-state index is -4.45. The highest BCUT2D eigenvalue weighted by Crippen LogP contribution is 2.30. The van der Waals surface area contributed by atoms with Crippen LogP contribution in [0, 0.1) is 0 Å². The molecule has 2 rings (SSSR count). The molecule has 0 radical (unpaired) electrons. The van der Waals surface area contributed by atoms with Crippen molar-refractivity contribution in [2.75, 3.05) is 0 Å². The monoisotopic (exact) mass is 367 g/mol. The van der Waals surface area contributed by atoms with Crippen molar-refractivity contribution in [1.29, 1.82) is 0 Å². The summed E-state index contributed by atoms with van der Waals surface area (Å²) in [6, 6.07) is 6.69. The van der Waals surface area contributed by atoms with Crippen LogP contribution in [0.3, 0.4) is 0 Å². The van der Waals surface area contributed by atoms with Gasteiger partial charge in [0.05, 0.1) is 11.6 Å². The van der Waals surface area contributed by atoms with Crippen molar-refractivity contribution in [3.63, 3.8) is 0 Å². The number of halogens is 3. The van der Waals surface area contributed by atoms with Crippen LogP contribution in [0.5, 0.6) is 0 Å². The summed E-state index contributed by atoms with van der Waals surface area (Å²) < 4.78 is 39.7. The molecule has 1 unspecified atom stereocenters. The Hall–Kier alpha value is -2.64. The number of rotatable bonds is 6. The fourth-order valence-electron chi connectivity index (χ4n) is 2.38. The summed E-state index contributed by atoms with van der Waals surface area (Å²) >= 11 is 0. The van der Waals surface area contributed by atoms with Gasteiger partial charge in [-0.3, -0.25) is 9.59 Å². The maximum Gasteiger partial charge on any atom is 0.416 e. The van der Waals surface area contributed by atoms with Crippen LogP contribution in [0.2, 0.25) is 0 Å². The molecule has 1 amide bonds. The van der Waals surface area contributed by atoms with Gasteiger partial charge in [-0.2, -0.15) is 18.3 Å². The molecule has 8 heteroatoms. The highest BCUT2D eigenvalue weighted by atomic mass is 19.4. The highest BCUT2D eigenvalue weighted by Gasteiger charge is 2.30. The van der Waals surface area contributed by atoms with Gasteiger partial charge in [0.15, 0.2) is 0 Å². The van der Waals surface area contributed by atoms with E-state index in [1.165, 1.54) is 28.9 Å². The molecule has 1 aromatic carbocycles. The van der Waals surface area contributed by atoms with Gasteiger partial charge in [-0.25, -0.2) is 4.68 Å². The SMILES string of the molecule is CCCCn1nc(C(=O)NC(C)c2cccc(C(F)(F)F)c2)ccc1=O. The van der Waals surface area contributed by atoms with Gasteiger partial charge in [0.25, 0.3) is 11.5 Å². The normalized spacial score (nSPS) is 12.7. The van der Waals surface area contributed by atoms with E-state index in [-0.39, 0.29) is 11.3 Å². The van der Waals surface area contributed by atoms with Crippen LogP contribution in [-0.4, -0.2) is 15.7 Å². The van der Waals surface area contributed by atoms with Gasteiger partial charge < -0.3 is 5.32 Å². The Morgan fingerprint density at radius 1 is 1.27 bits per heavy atom. The standard InChI is InChI=1S/C18H20F3N3O2/c1-3-4-10-24-16(25)9-8-15(23-24)17(26)22-12(2)13-6-5-7-14(11-13)18(19,20)21/h5-9,11-12H,3-4,10H2,1-2H3,(H,22,26). The second-order valence-corrected chi connectivity index (χ2v) is 5.95. The minimum Gasteiger partial charge on any atom is -0.344 e. The predicted molar refractivity (Wildman–Crippen MR) is 90.7 cm³/mol. The largest absolute Gasteiger partial charge is 0.416 e. The number of benzene rings is 1. The van der Waals surface area contributed by atoms with E-state index in [4.69, 9.17) is 0 Å². The molecule has 0 saturated heterocycles. The molecule has 2 aromatic rings. The van der Waals surface area contributed by atoms with Crippen LogP contribution >= 0.6 is 0 Å². The summed E-state index contributed by atoms with van der Waals surface area (Å²) in [6.07, 6.45) is -2.83. The Morgan fingerprint density at radius 3 is 2.65 bits per heavy atom. The zero-order valence-electron chi connectivity index (χ0n) is 14.5. The zero-order valence-corrected chi connectivity index (χ0v) is 14.5. The second-order valence-electron chi connectivity index (χ2n) is 5.95. The van der Waals surface area contributed by atoms with Crippen LogP contribution in [0.25, 0.3) is 0 Å². The molecule has 0 bridgehead atoms. The molecule has 1 heterocycles. The fourth-order valence-corrected chi connectivity index (χ4v) is 2.38. The lowest BCUT2D eigenvalue weighted by molar-refractivity contribution is -0.137. The highest BCUT2D eigenvalue weighted by molar-refractivity contribution is 5.92. The molecule has 1 N–H and O–H groups in total. The molecule has 1 aromatic heterocycles. The molecule has 26 heavy (non-hydrogen) atoms. The van der Waals surface area contributed by atoms with E-state index in [0.717, 1.165) is 25.0 Å². The first-order valence-electron chi connectivity index (χ1n) is 8.28. The van der Waals surface area contributed by atoms with Crippen LogP contribution in [0.15, 0.2) is 41.2 Å². The number of carbonyl (C=O) groups is 1. The van der Waals surface area contributed by atoms with Crippen LogP contribution in [0.4, 0.5) is 13.2 Å². The number of unbranched alkanes of at least 4 members (excludes halogenated alkanes) is 1. The first kappa shape index (κ1) is 19.7. The summed E-state index contributed by atoms with van der Waals surface area (Å²) in [4.78, 5) is 24.1. The van der Waals surface area contributed by atoms with E-state index in [9.17, 15) is 22.8 Å².